The third kappa shape index (κ3) is 4.44. The normalized spacial score (nSPS) is 11.8. The van der Waals surface area contributed by atoms with Crippen molar-refractivity contribution in [2.75, 3.05) is 26.0 Å². The molecule has 0 atom stereocenters. The predicted octanol–water partition coefficient (Wildman–Crippen LogP) is 3.32. The fraction of sp³-hybridized carbons (Fsp3) is 0.500. The Balaban J connectivity index is 2.22. The summed E-state index contributed by atoms with van der Waals surface area (Å²) in [5.74, 6) is -0.457. The first-order valence-corrected chi connectivity index (χ1v) is 9.78. The van der Waals surface area contributed by atoms with Gasteiger partial charge in [0.1, 0.15) is 5.65 Å². The van der Waals surface area contributed by atoms with Gasteiger partial charge in [0.05, 0.1) is 26.0 Å². The van der Waals surface area contributed by atoms with E-state index in [4.69, 9.17) is 13.8 Å². The van der Waals surface area contributed by atoms with Gasteiger partial charge in [-0.1, -0.05) is 6.07 Å². The number of nitrogens with zero attached hydrogens (tertiary/aromatic N) is 2. The molecule has 2 rings (SSSR count). The first-order chi connectivity index (χ1) is 11.5. The Morgan fingerprint density at radius 1 is 1.17 bits per heavy atom. The average Bonchev–Trinajstić information content (AvgIpc) is 2.98. The number of hydrogen-bond donors (Lipinski definition) is 0. The molecule has 0 amide bonds. The Hall–Kier alpha value is -1.69. The maximum Gasteiger partial charge on any atom is 0.358 e. The molecule has 0 saturated carbocycles. The maximum atomic E-state index is 12.6. The molecule has 0 saturated heterocycles. The largest absolute Gasteiger partial charge is 0.461 e. The molecule has 0 aliphatic carbocycles. The number of carbonyl (C=O) groups excluding carboxylic acids is 1. The van der Waals surface area contributed by atoms with E-state index in [9.17, 15) is 9.36 Å². The van der Waals surface area contributed by atoms with Crippen molar-refractivity contribution in [3.05, 3.63) is 35.8 Å². The molecule has 0 bridgehead atoms. The van der Waals surface area contributed by atoms with Crippen LogP contribution in [0.1, 0.15) is 37.0 Å². The molecule has 8 heteroatoms. The lowest BCUT2D eigenvalue weighted by atomic mass is 10.3. The summed E-state index contributed by atoms with van der Waals surface area (Å²) >= 11 is 0. The molecule has 0 unspecified atom stereocenters. The number of rotatable bonds is 9. The molecule has 0 radical (unpaired) electrons. The monoisotopic (exact) mass is 354 g/mol. The third-order valence-electron chi connectivity index (χ3n) is 3.35. The molecule has 7 nitrogen and oxygen atoms in total. The average molecular weight is 354 g/mol. The first kappa shape index (κ1) is 18.6. The van der Waals surface area contributed by atoms with Crippen molar-refractivity contribution < 1.29 is 23.1 Å². The van der Waals surface area contributed by atoms with Crippen LogP contribution in [0.2, 0.25) is 0 Å². The van der Waals surface area contributed by atoms with E-state index in [-0.39, 0.29) is 11.9 Å². The van der Waals surface area contributed by atoms with Crippen LogP contribution < -0.4 is 0 Å². The van der Waals surface area contributed by atoms with E-state index in [1.807, 2.05) is 12.1 Å². The number of carbonyl (C=O) groups is 1. The zero-order chi connectivity index (χ0) is 17.6. The van der Waals surface area contributed by atoms with Crippen LogP contribution in [0.25, 0.3) is 5.65 Å². The number of pyridine rings is 1. The third-order valence-corrected chi connectivity index (χ3v) is 5.43. The van der Waals surface area contributed by atoms with Gasteiger partial charge in [-0.15, -0.1) is 0 Å². The number of hydrogen-bond acceptors (Lipinski definition) is 6. The lowest BCUT2D eigenvalue weighted by Gasteiger charge is -2.17. The first-order valence-electron chi connectivity index (χ1n) is 8.05. The van der Waals surface area contributed by atoms with E-state index in [2.05, 4.69) is 4.98 Å². The highest BCUT2D eigenvalue weighted by Crippen LogP contribution is 2.48. The summed E-state index contributed by atoms with van der Waals surface area (Å²) in [5.41, 5.74) is 1.76. The van der Waals surface area contributed by atoms with Crippen LogP contribution in [0.3, 0.4) is 0 Å². The van der Waals surface area contributed by atoms with E-state index in [1.54, 1.807) is 37.4 Å². The Kier molecular flexibility index (Phi) is 6.54. The summed E-state index contributed by atoms with van der Waals surface area (Å²) in [7, 11) is -3.11. The fourth-order valence-electron chi connectivity index (χ4n) is 2.39. The topological polar surface area (TPSA) is 79.1 Å². The lowest BCUT2D eigenvalue weighted by Crippen LogP contribution is -2.06. The van der Waals surface area contributed by atoms with Crippen molar-refractivity contribution in [1.29, 1.82) is 0 Å². The van der Waals surface area contributed by atoms with Gasteiger partial charge < -0.3 is 18.2 Å². The van der Waals surface area contributed by atoms with Crippen molar-refractivity contribution in [2.45, 2.75) is 27.2 Å². The molecule has 0 N–H and O–H groups in total. The number of esters is 1. The van der Waals surface area contributed by atoms with E-state index in [1.165, 1.54) is 0 Å². The van der Waals surface area contributed by atoms with E-state index >= 15 is 0 Å². The second-order valence-electron chi connectivity index (χ2n) is 5.01. The van der Waals surface area contributed by atoms with Gasteiger partial charge in [0.15, 0.2) is 5.69 Å². The molecular weight excluding hydrogens is 331 g/mol. The molecule has 24 heavy (non-hydrogen) atoms. The summed E-state index contributed by atoms with van der Waals surface area (Å²) in [6.45, 7) is 6.28. The van der Waals surface area contributed by atoms with Gasteiger partial charge in [0.2, 0.25) is 0 Å². The molecule has 2 aromatic rings. The van der Waals surface area contributed by atoms with E-state index in [0.29, 0.717) is 31.9 Å². The van der Waals surface area contributed by atoms with E-state index in [0.717, 1.165) is 5.69 Å². The molecular formula is C16H23N2O5P. The number of ether oxygens (including phenoxy) is 1. The quantitative estimate of drug-likeness (QED) is 0.508. The van der Waals surface area contributed by atoms with Crippen LogP contribution >= 0.6 is 7.60 Å². The van der Waals surface area contributed by atoms with Gasteiger partial charge in [0.25, 0.3) is 0 Å². The predicted molar refractivity (Wildman–Crippen MR) is 90.6 cm³/mol. The SMILES string of the molecule is CCOC(=O)c1cn2c(CCP(=O)(OCC)OCC)cccc2n1. The summed E-state index contributed by atoms with van der Waals surface area (Å²) in [6, 6.07) is 5.54. The number of fused-ring (bicyclic) bond motifs is 1. The van der Waals surface area contributed by atoms with Gasteiger partial charge in [-0.3, -0.25) is 4.57 Å². The molecule has 132 valence electrons. The second-order valence-corrected chi connectivity index (χ2v) is 7.20. The molecule has 2 aromatic heterocycles. The Morgan fingerprint density at radius 2 is 1.88 bits per heavy atom. The highest BCUT2D eigenvalue weighted by atomic mass is 31.2. The molecule has 0 aliphatic rings. The number of imidazole rings is 1. The van der Waals surface area contributed by atoms with Crippen molar-refractivity contribution in [2.24, 2.45) is 0 Å². The van der Waals surface area contributed by atoms with Gasteiger partial charge in [-0.25, -0.2) is 9.78 Å². The Bertz CT molecular complexity index is 733. The zero-order valence-electron chi connectivity index (χ0n) is 14.2. The van der Waals surface area contributed by atoms with Crippen LogP contribution in [0.5, 0.6) is 0 Å². The minimum atomic E-state index is -3.11. The summed E-state index contributed by atoms with van der Waals surface area (Å²) in [5, 5.41) is 0. The molecule has 0 aliphatic heterocycles. The highest BCUT2D eigenvalue weighted by Gasteiger charge is 2.24. The second kappa shape index (κ2) is 8.42. The highest BCUT2D eigenvalue weighted by molar-refractivity contribution is 7.53. The van der Waals surface area contributed by atoms with Crippen LogP contribution in [-0.2, 0) is 24.8 Å². The molecule has 0 spiro atoms. The van der Waals surface area contributed by atoms with Crippen LogP contribution in [0, 0.1) is 0 Å². The minimum Gasteiger partial charge on any atom is -0.461 e. The number of aryl methyl sites for hydroxylation is 1. The Labute approximate surface area is 141 Å². The standard InChI is InChI=1S/C16H23N2O5P/c1-4-21-16(19)14-12-18-13(8-7-9-15(18)17-14)10-11-24(20,22-5-2)23-6-3/h7-9,12H,4-6,10-11H2,1-3H3. The summed E-state index contributed by atoms with van der Waals surface area (Å²) < 4.78 is 30.0. The molecule has 0 aromatic carbocycles. The minimum absolute atomic E-state index is 0.252. The van der Waals surface area contributed by atoms with Gasteiger partial charge in [-0.2, -0.15) is 0 Å². The molecule has 0 fully saturated rings. The van der Waals surface area contributed by atoms with Crippen molar-refractivity contribution in [3.63, 3.8) is 0 Å². The van der Waals surface area contributed by atoms with Crippen molar-refractivity contribution in [1.82, 2.24) is 9.38 Å². The van der Waals surface area contributed by atoms with E-state index < -0.39 is 13.6 Å². The van der Waals surface area contributed by atoms with Crippen LogP contribution in [-0.4, -0.2) is 41.3 Å². The van der Waals surface area contributed by atoms with Gasteiger partial charge >= 0.3 is 13.6 Å². The Morgan fingerprint density at radius 3 is 2.50 bits per heavy atom. The smallest absolute Gasteiger partial charge is 0.358 e. The summed E-state index contributed by atoms with van der Waals surface area (Å²) in [6.07, 6.45) is 2.38. The summed E-state index contributed by atoms with van der Waals surface area (Å²) in [4.78, 5) is 16.1. The maximum absolute atomic E-state index is 12.6. The van der Waals surface area contributed by atoms with Crippen molar-refractivity contribution in [3.8, 4) is 0 Å². The number of aromatic nitrogens is 2. The van der Waals surface area contributed by atoms with Crippen LogP contribution in [0.15, 0.2) is 24.4 Å². The van der Waals surface area contributed by atoms with Crippen LogP contribution in [0.4, 0.5) is 0 Å². The fourth-order valence-corrected chi connectivity index (χ4v) is 4.01. The molecule has 2 heterocycles. The van der Waals surface area contributed by atoms with Gasteiger partial charge in [0, 0.05) is 11.9 Å². The lowest BCUT2D eigenvalue weighted by molar-refractivity contribution is 0.0520. The van der Waals surface area contributed by atoms with Gasteiger partial charge in [-0.05, 0) is 39.3 Å². The van der Waals surface area contributed by atoms with Crippen molar-refractivity contribution >= 4 is 19.2 Å². The zero-order valence-corrected chi connectivity index (χ0v) is 15.1.